The van der Waals surface area contributed by atoms with Crippen molar-refractivity contribution in [2.24, 2.45) is 0 Å². The van der Waals surface area contributed by atoms with E-state index in [1.165, 1.54) is 10.4 Å². The van der Waals surface area contributed by atoms with E-state index in [2.05, 4.69) is 21.6 Å². The standard InChI is InChI=1S/C19H19N5O2/c25-13-18-17-4-2-1-3-14(17)9-12-23(18)19(26)22-15-5-7-16(8-6-15)24-20-10-11-21-24/h1-8,10-11,18,25H,9,12-13H2,(H,22,26). The van der Waals surface area contributed by atoms with Crippen molar-refractivity contribution in [1.82, 2.24) is 19.9 Å². The molecule has 1 aromatic heterocycles. The topological polar surface area (TPSA) is 83.3 Å². The van der Waals surface area contributed by atoms with Gasteiger partial charge in [0, 0.05) is 12.2 Å². The predicted octanol–water partition coefficient (Wildman–Crippen LogP) is 2.39. The van der Waals surface area contributed by atoms with Gasteiger partial charge in [0.05, 0.1) is 30.7 Å². The van der Waals surface area contributed by atoms with Crippen molar-refractivity contribution in [1.29, 1.82) is 0 Å². The average Bonchev–Trinajstić information content (AvgIpc) is 3.22. The molecule has 0 aliphatic carbocycles. The molecule has 2 amide bonds. The number of aliphatic hydroxyl groups excluding tert-OH is 1. The van der Waals surface area contributed by atoms with Gasteiger partial charge in [-0.05, 0) is 41.8 Å². The van der Waals surface area contributed by atoms with Crippen LogP contribution in [0.15, 0.2) is 60.9 Å². The van der Waals surface area contributed by atoms with Crippen molar-refractivity contribution in [3.05, 3.63) is 72.1 Å². The molecule has 26 heavy (non-hydrogen) atoms. The Hall–Kier alpha value is -3.19. The molecule has 7 nitrogen and oxygen atoms in total. The summed E-state index contributed by atoms with van der Waals surface area (Å²) in [6, 6.07) is 14.7. The van der Waals surface area contributed by atoms with Crippen LogP contribution in [0, 0.1) is 0 Å². The van der Waals surface area contributed by atoms with E-state index in [9.17, 15) is 9.90 Å². The maximum atomic E-state index is 12.7. The number of hydrogen-bond donors (Lipinski definition) is 2. The second kappa shape index (κ2) is 6.97. The second-order valence-electron chi connectivity index (χ2n) is 6.14. The van der Waals surface area contributed by atoms with E-state index in [4.69, 9.17) is 0 Å². The number of hydrogen-bond acceptors (Lipinski definition) is 4. The van der Waals surface area contributed by atoms with E-state index in [1.54, 1.807) is 17.3 Å². The number of carbonyl (C=O) groups excluding carboxylic acids is 1. The molecule has 2 heterocycles. The first-order valence-electron chi connectivity index (χ1n) is 8.49. The Morgan fingerprint density at radius 1 is 1.12 bits per heavy atom. The first-order valence-corrected chi connectivity index (χ1v) is 8.49. The summed E-state index contributed by atoms with van der Waals surface area (Å²) in [6.07, 6.45) is 4.00. The first-order chi connectivity index (χ1) is 12.8. The zero-order valence-electron chi connectivity index (χ0n) is 14.1. The summed E-state index contributed by atoms with van der Waals surface area (Å²) < 4.78 is 0. The van der Waals surface area contributed by atoms with Crippen LogP contribution in [0.5, 0.6) is 0 Å². The average molecular weight is 349 g/mol. The van der Waals surface area contributed by atoms with E-state index in [0.717, 1.165) is 17.7 Å². The molecule has 0 radical (unpaired) electrons. The lowest BCUT2D eigenvalue weighted by atomic mass is 9.93. The maximum Gasteiger partial charge on any atom is 0.322 e. The van der Waals surface area contributed by atoms with E-state index < -0.39 is 0 Å². The predicted molar refractivity (Wildman–Crippen MR) is 97.1 cm³/mol. The molecular formula is C19H19N5O2. The van der Waals surface area contributed by atoms with Crippen LogP contribution in [0.3, 0.4) is 0 Å². The smallest absolute Gasteiger partial charge is 0.322 e. The number of fused-ring (bicyclic) bond motifs is 1. The lowest BCUT2D eigenvalue weighted by Crippen LogP contribution is -2.43. The molecule has 1 atom stereocenters. The van der Waals surface area contributed by atoms with E-state index in [-0.39, 0.29) is 18.7 Å². The largest absolute Gasteiger partial charge is 0.394 e. The molecule has 1 aliphatic rings. The van der Waals surface area contributed by atoms with Crippen molar-refractivity contribution >= 4 is 11.7 Å². The number of aliphatic hydroxyl groups is 1. The van der Waals surface area contributed by atoms with Gasteiger partial charge < -0.3 is 15.3 Å². The van der Waals surface area contributed by atoms with Crippen molar-refractivity contribution in [3.63, 3.8) is 0 Å². The third-order valence-electron chi connectivity index (χ3n) is 4.61. The SMILES string of the molecule is O=C(Nc1ccc(-n2nccn2)cc1)N1CCc2ccccc2C1CO. The summed E-state index contributed by atoms with van der Waals surface area (Å²) >= 11 is 0. The van der Waals surface area contributed by atoms with Crippen LogP contribution >= 0.6 is 0 Å². The minimum absolute atomic E-state index is 0.103. The molecule has 1 aliphatic heterocycles. The number of carbonyl (C=O) groups is 1. The minimum Gasteiger partial charge on any atom is -0.394 e. The van der Waals surface area contributed by atoms with Gasteiger partial charge in [-0.25, -0.2) is 4.79 Å². The van der Waals surface area contributed by atoms with Crippen LogP contribution in [0.4, 0.5) is 10.5 Å². The van der Waals surface area contributed by atoms with Gasteiger partial charge in [0.2, 0.25) is 0 Å². The third-order valence-corrected chi connectivity index (χ3v) is 4.61. The van der Waals surface area contributed by atoms with Gasteiger partial charge in [0.25, 0.3) is 0 Å². The summed E-state index contributed by atoms with van der Waals surface area (Å²) in [5.41, 5.74) is 3.69. The van der Waals surface area contributed by atoms with E-state index in [1.807, 2.05) is 42.5 Å². The summed E-state index contributed by atoms with van der Waals surface area (Å²) in [4.78, 5) is 15.9. The van der Waals surface area contributed by atoms with Crippen LogP contribution in [0.1, 0.15) is 17.2 Å². The van der Waals surface area contributed by atoms with Gasteiger partial charge in [-0.2, -0.15) is 15.0 Å². The molecule has 2 aromatic carbocycles. The first kappa shape index (κ1) is 16.3. The monoisotopic (exact) mass is 349 g/mol. The number of benzene rings is 2. The number of nitrogens with zero attached hydrogens (tertiary/aromatic N) is 4. The Morgan fingerprint density at radius 3 is 2.58 bits per heavy atom. The quantitative estimate of drug-likeness (QED) is 0.760. The highest BCUT2D eigenvalue weighted by molar-refractivity contribution is 5.90. The van der Waals surface area contributed by atoms with Crippen LogP contribution in [0.2, 0.25) is 0 Å². The third kappa shape index (κ3) is 3.04. The molecule has 0 bridgehead atoms. The molecule has 1 unspecified atom stereocenters. The second-order valence-corrected chi connectivity index (χ2v) is 6.14. The number of aromatic nitrogens is 3. The molecule has 0 spiro atoms. The van der Waals surface area contributed by atoms with Gasteiger partial charge in [-0.3, -0.25) is 0 Å². The summed E-state index contributed by atoms with van der Waals surface area (Å²) in [5, 5.41) is 20.9. The molecule has 3 aromatic rings. The van der Waals surface area contributed by atoms with Crippen LogP contribution in [-0.2, 0) is 6.42 Å². The Bertz CT molecular complexity index is 893. The fourth-order valence-corrected chi connectivity index (χ4v) is 3.31. The fraction of sp³-hybridized carbons (Fsp3) is 0.211. The minimum atomic E-state index is -0.326. The normalized spacial score (nSPS) is 16.2. The molecular weight excluding hydrogens is 330 g/mol. The zero-order valence-corrected chi connectivity index (χ0v) is 14.1. The lowest BCUT2D eigenvalue weighted by molar-refractivity contribution is 0.135. The fourth-order valence-electron chi connectivity index (χ4n) is 3.31. The molecule has 2 N–H and O–H groups in total. The summed E-state index contributed by atoms with van der Waals surface area (Å²) in [6.45, 7) is 0.470. The zero-order chi connectivity index (χ0) is 17.9. The maximum absolute atomic E-state index is 12.7. The van der Waals surface area contributed by atoms with Gasteiger partial charge in [0.15, 0.2) is 0 Å². The van der Waals surface area contributed by atoms with Gasteiger partial charge >= 0.3 is 6.03 Å². The van der Waals surface area contributed by atoms with Crippen molar-refractivity contribution in [3.8, 4) is 5.69 Å². The Morgan fingerprint density at radius 2 is 1.85 bits per heavy atom. The summed E-state index contributed by atoms with van der Waals surface area (Å²) in [7, 11) is 0. The molecule has 0 fully saturated rings. The Labute approximate surface area is 150 Å². The lowest BCUT2D eigenvalue weighted by Gasteiger charge is -2.36. The van der Waals surface area contributed by atoms with Crippen LogP contribution < -0.4 is 5.32 Å². The Kier molecular flexibility index (Phi) is 4.37. The highest BCUT2D eigenvalue weighted by atomic mass is 16.3. The van der Waals surface area contributed by atoms with Crippen molar-refractivity contribution in [2.75, 3.05) is 18.5 Å². The van der Waals surface area contributed by atoms with Gasteiger partial charge in [-0.1, -0.05) is 24.3 Å². The molecule has 132 valence electrons. The van der Waals surface area contributed by atoms with E-state index in [0.29, 0.717) is 12.2 Å². The molecule has 0 saturated carbocycles. The van der Waals surface area contributed by atoms with E-state index >= 15 is 0 Å². The number of amides is 2. The highest BCUT2D eigenvalue weighted by Gasteiger charge is 2.30. The number of anilines is 1. The van der Waals surface area contributed by atoms with Gasteiger partial charge in [-0.15, -0.1) is 0 Å². The van der Waals surface area contributed by atoms with Crippen LogP contribution in [0.25, 0.3) is 5.69 Å². The number of nitrogens with one attached hydrogen (secondary N) is 1. The highest BCUT2D eigenvalue weighted by Crippen LogP contribution is 2.29. The number of rotatable bonds is 3. The molecule has 4 rings (SSSR count). The molecule has 0 saturated heterocycles. The molecule has 7 heteroatoms. The van der Waals surface area contributed by atoms with Crippen molar-refractivity contribution < 1.29 is 9.90 Å². The number of urea groups is 1. The van der Waals surface area contributed by atoms with Gasteiger partial charge in [0.1, 0.15) is 0 Å². The Balaban J connectivity index is 1.49. The van der Waals surface area contributed by atoms with Crippen molar-refractivity contribution in [2.45, 2.75) is 12.5 Å². The summed E-state index contributed by atoms with van der Waals surface area (Å²) in [5.74, 6) is 0. The van der Waals surface area contributed by atoms with Crippen LogP contribution in [-0.4, -0.2) is 44.2 Å².